The number of carbonyl (C=O) groups is 3. The van der Waals surface area contributed by atoms with Crippen molar-refractivity contribution in [2.45, 2.75) is 24.9 Å². The Morgan fingerprint density at radius 2 is 2.12 bits per heavy atom. The van der Waals surface area contributed by atoms with E-state index >= 15 is 0 Å². The maximum absolute atomic E-state index is 12.3. The first-order chi connectivity index (χ1) is 12.5. The SMILES string of the molecule is COc1cccc(C(=O)NCCC(=O)N2CCC3(CC2)CNC(=O)O3)c1. The van der Waals surface area contributed by atoms with E-state index in [0.29, 0.717) is 43.8 Å². The minimum absolute atomic E-state index is 0.0110. The van der Waals surface area contributed by atoms with E-state index in [1.165, 1.54) is 0 Å². The van der Waals surface area contributed by atoms with Crippen LogP contribution >= 0.6 is 0 Å². The van der Waals surface area contributed by atoms with Gasteiger partial charge in [-0.25, -0.2) is 4.79 Å². The minimum Gasteiger partial charge on any atom is -0.497 e. The van der Waals surface area contributed by atoms with Crippen LogP contribution in [0.2, 0.25) is 0 Å². The number of nitrogens with zero attached hydrogens (tertiary/aromatic N) is 1. The lowest BCUT2D eigenvalue weighted by atomic mass is 9.91. The van der Waals surface area contributed by atoms with Gasteiger partial charge in [0.05, 0.1) is 13.7 Å². The number of carbonyl (C=O) groups excluding carboxylic acids is 3. The van der Waals surface area contributed by atoms with Crippen molar-refractivity contribution >= 4 is 17.9 Å². The molecule has 0 unspecified atom stereocenters. The number of piperidine rings is 1. The fourth-order valence-electron chi connectivity index (χ4n) is 3.25. The number of rotatable bonds is 5. The van der Waals surface area contributed by atoms with Crippen molar-refractivity contribution in [1.82, 2.24) is 15.5 Å². The lowest BCUT2D eigenvalue weighted by Gasteiger charge is -2.37. The Labute approximate surface area is 151 Å². The molecule has 2 aliphatic heterocycles. The van der Waals surface area contributed by atoms with Crippen molar-refractivity contribution in [3.05, 3.63) is 29.8 Å². The summed E-state index contributed by atoms with van der Waals surface area (Å²) in [6, 6.07) is 6.85. The van der Waals surface area contributed by atoms with Gasteiger partial charge in [-0.2, -0.15) is 0 Å². The fourth-order valence-corrected chi connectivity index (χ4v) is 3.25. The van der Waals surface area contributed by atoms with Gasteiger partial charge in [0.15, 0.2) is 0 Å². The predicted molar refractivity (Wildman–Crippen MR) is 93.0 cm³/mol. The molecule has 8 heteroatoms. The largest absolute Gasteiger partial charge is 0.497 e. The lowest BCUT2D eigenvalue weighted by Crippen LogP contribution is -2.49. The van der Waals surface area contributed by atoms with Crippen molar-refractivity contribution in [3.8, 4) is 5.75 Å². The third-order valence-corrected chi connectivity index (χ3v) is 4.85. The van der Waals surface area contributed by atoms with Crippen LogP contribution in [0.25, 0.3) is 0 Å². The first-order valence-electron chi connectivity index (χ1n) is 8.68. The molecule has 1 spiro atoms. The number of benzene rings is 1. The van der Waals surface area contributed by atoms with Gasteiger partial charge in [0.1, 0.15) is 11.4 Å². The van der Waals surface area contributed by atoms with Crippen molar-refractivity contribution < 1.29 is 23.9 Å². The summed E-state index contributed by atoms with van der Waals surface area (Å²) in [5.41, 5.74) is 0.0290. The summed E-state index contributed by atoms with van der Waals surface area (Å²) in [5, 5.41) is 5.43. The Hall–Kier alpha value is -2.77. The van der Waals surface area contributed by atoms with Gasteiger partial charge in [0.25, 0.3) is 5.91 Å². The second kappa shape index (κ2) is 7.63. The molecule has 1 aromatic carbocycles. The summed E-state index contributed by atoms with van der Waals surface area (Å²) in [4.78, 5) is 37.4. The number of methoxy groups -OCH3 is 1. The highest BCUT2D eigenvalue weighted by Crippen LogP contribution is 2.29. The monoisotopic (exact) mass is 361 g/mol. The fraction of sp³-hybridized carbons (Fsp3) is 0.500. The van der Waals surface area contributed by atoms with E-state index in [2.05, 4.69) is 10.6 Å². The molecule has 3 rings (SSSR count). The molecule has 3 amide bonds. The van der Waals surface area contributed by atoms with Crippen molar-refractivity contribution in [1.29, 1.82) is 0 Å². The molecule has 0 bridgehead atoms. The van der Waals surface area contributed by atoms with Crippen LogP contribution in [0.5, 0.6) is 5.75 Å². The van der Waals surface area contributed by atoms with Crippen molar-refractivity contribution in [3.63, 3.8) is 0 Å². The van der Waals surface area contributed by atoms with E-state index in [1.807, 2.05) is 0 Å². The van der Waals surface area contributed by atoms with Gasteiger partial charge < -0.3 is 25.0 Å². The number of nitrogens with one attached hydrogen (secondary N) is 2. The predicted octanol–water partition coefficient (Wildman–Crippen LogP) is 0.916. The topological polar surface area (TPSA) is 97.0 Å². The summed E-state index contributed by atoms with van der Waals surface area (Å²) in [5.74, 6) is 0.361. The molecule has 0 atom stereocenters. The highest BCUT2D eigenvalue weighted by atomic mass is 16.6. The van der Waals surface area contributed by atoms with Gasteiger partial charge in [0, 0.05) is 44.5 Å². The summed E-state index contributed by atoms with van der Waals surface area (Å²) in [7, 11) is 1.54. The molecule has 1 aromatic rings. The first-order valence-corrected chi connectivity index (χ1v) is 8.68. The van der Waals surface area contributed by atoms with E-state index < -0.39 is 5.60 Å². The number of hydrogen-bond donors (Lipinski definition) is 2. The number of likely N-dealkylation sites (tertiary alicyclic amines) is 1. The van der Waals surface area contributed by atoms with Crippen LogP contribution in [0.15, 0.2) is 24.3 Å². The van der Waals surface area contributed by atoms with Gasteiger partial charge in [-0.15, -0.1) is 0 Å². The molecule has 2 N–H and O–H groups in total. The molecule has 0 aliphatic carbocycles. The second-order valence-electron chi connectivity index (χ2n) is 6.54. The van der Waals surface area contributed by atoms with E-state index in [9.17, 15) is 14.4 Å². The molecule has 2 heterocycles. The maximum atomic E-state index is 12.3. The molecule has 0 radical (unpaired) electrons. The molecule has 140 valence electrons. The molecule has 2 saturated heterocycles. The van der Waals surface area contributed by atoms with E-state index in [-0.39, 0.29) is 30.9 Å². The molecular formula is C18H23N3O5. The third-order valence-electron chi connectivity index (χ3n) is 4.85. The number of amides is 3. The molecule has 8 nitrogen and oxygen atoms in total. The van der Waals surface area contributed by atoms with Gasteiger partial charge in [-0.1, -0.05) is 6.07 Å². The summed E-state index contributed by atoms with van der Waals surface area (Å²) >= 11 is 0. The summed E-state index contributed by atoms with van der Waals surface area (Å²) < 4.78 is 10.4. The van der Waals surface area contributed by atoms with Crippen molar-refractivity contribution in [2.24, 2.45) is 0 Å². The highest BCUT2D eigenvalue weighted by molar-refractivity contribution is 5.94. The molecule has 2 aliphatic rings. The van der Waals surface area contributed by atoms with Gasteiger partial charge in [-0.3, -0.25) is 9.59 Å². The average molecular weight is 361 g/mol. The maximum Gasteiger partial charge on any atom is 0.407 e. The van der Waals surface area contributed by atoms with Gasteiger partial charge in [-0.05, 0) is 18.2 Å². The van der Waals surface area contributed by atoms with Crippen LogP contribution in [0, 0.1) is 0 Å². The Balaban J connectivity index is 1.42. The molecule has 0 aromatic heterocycles. The van der Waals surface area contributed by atoms with Crippen LogP contribution in [0.4, 0.5) is 4.79 Å². The summed E-state index contributed by atoms with van der Waals surface area (Å²) in [6.07, 6.45) is 1.12. The van der Waals surface area contributed by atoms with E-state index in [0.717, 1.165) is 0 Å². The standard InChI is InChI=1S/C18H23N3O5/c1-25-14-4-2-3-13(11-14)16(23)19-8-5-15(22)21-9-6-18(7-10-21)12-20-17(24)26-18/h2-4,11H,5-10,12H2,1H3,(H,19,23)(H,20,24). The van der Waals surface area contributed by atoms with Gasteiger partial charge >= 0.3 is 6.09 Å². The zero-order valence-corrected chi connectivity index (χ0v) is 14.7. The van der Waals surface area contributed by atoms with E-state index in [4.69, 9.17) is 9.47 Å². The molecule has 0 saturated carbocycles. The number of hydrogen-bond acceptors (Lipinski definition) is 5. The quantitative estimate of drug-likeness (QED) is 0.813. The first kappa shape index (κ1) is 18.0. The van der Waals surface area contributed by atoms with E-state index in [1.54, 1.807) is 36.3 Å². The Morgan fingerprint density at radius 3 is 2.77 bits per heavy atom. The third kappa shape index (κ3) is 4.07. The Kier molecular flexibility index (Phi) is 5.29. The molecule has 26 heavy (non-hydrogen) atoms. The van der Waals surface area contributed by atoms with Crippen LogP contribution in [0.1, 0.15) is 29.6 Å². The van der Waals surface area contributed by atoms with Crippen LogP contribution in [-0.4, -0.2) is 61.7 Å². The average Bonchev–Trinajstić information content (AvgIpc) is 3.02. The number of alkyl carbamates (subject to hydrolysis) is 1. The smallest absolute Gasteiger partial charge is 0.407 e. The van der Waals surface area contributed by atoms with Crippen LogP contribution in [0.3, 0.4) is 0 Å². The molecule has 2 fully saturated rings. The zero-order chi connectivity index (χ0) is 18.6. The second-order valence-corrected chi connectivity index (χ2v) is 6.54. The molecular weight excluding hydrogens is 338 g/mol. The Bertz CT molecular complexity index is 698. The van der Waals surface area contributed by atoms with Crippen LogP contribution in [-0.2, 0) is 9.53 Å². The lowest BCUT2D eigenvalue weighted by molar-refractivity contribution is -0.134. The van der Waals surface area contributed by atoms with Crippen LogP contribution < -0.4 is 15.4 Å². The highest BCUT2D eigenvalue weighted by Gasteiger charge is 2.43. The Morgan fingerprint density at radius 1 is 1.35 bits per heavy atom. The zero-order valence-electron chi connectivity index (χ0n) is 14.7. The number of ether oxygens (including phenoxy) is 2. The normalized spacial score (nSPS) is 18.2. The van der Waals surface area contributed by atoms with Gasteiger partial charge in [0.2, 0.25) is 5.91 Å². The van der Waals surface area contributed by atoms with Crippen molar-refractivity contribution in [2.75, 3.05) is 33.3 Å². The summed E-state index contributed by atoms with van der Waals surface area (Å²) in [6.45, 7) is 1.88. The minimum atomic E-state index is -0.464.